The van der Waals surface area contributed by atoms with E-state index in [9.17, 15) is 0 Å². The summed E-state index contributed by atoms with van der Waals surface area (Å²) in [5.41, 5.74) is 8.60. The number of hydrogen-bond acceptors (Lipinski definition) is 3. The van der Waals surface area contributed by atoms with E-state index in [1.54, 1.807) is 7.11 Å². The van der Waals surface area contributed by atoms with Crippen molar-refractivity contribution < 1.29 is 4.74 Å². The molecular formula is C14H21N3O. The molecule has 1 aromatic carbocycles. The number of nitrogens with two attached hydrogens (primary N) is 1. The van der Waals surface area contributed by atoms with E-state index in [0.29, 0.717) is 6.10 Å². The standard InChI is InChI=1S/C14H21N3O/c1-10-8-11(5-6-13(10)14(15)16)17-7-3-4-12(9-17)18-2/h5-6,8,12H,3-4,7,9H2,1-2H3,(H3,15,16). The first-order valence-corrected chi connectivity index (χ1v) is 6.34. The Labute approximate surface area is 108 Å². The van der Waals surface area contributed by atoms with Crippen molar-refractivity contribution in [3.05, 3.63) is 29.3 Å². The molecule has 2 rings (SSSR count). The Bertz CT molecular complexity index is 445. The van der Waals surface area contributed by atoms with Crippen molar-refractivity contribution in [2.24, 2.45) is 5.73 Å². The highest BCUT2D eigenvalue weighted by Crippen LogP contribution is 2.23. The summed E-state index contributed by atoms with van der Waals surface area (Å²) in [4.78, 5) is 2.34. The highest BCUT2D eigenvalue weighted by Gasteiger charge is 2.20. The summed E-state index contributed by atoms with van der Waals surface area (Å²) in [5, 5.41) is 7.50. The maximum atomic E-state index is 7.50. The quantitative estimate of drug-likeness (QED) is 0.633. The largest absolute Gasteiger partial charge is 0.384 e. The van der Waals surface area contributed by atoms with Crippen LogP contribution in [-0.4, -0.2) is 32.1 Å². The molecule has 18 heavy (non-hydrogen) atoms. The second-order valence-electron chi connectivity index (χ2n) is 4.86. The van der Waals surface area contributed by atoms with Gasteiger partial charge in [-0.3, -0.25) is 5.41 Å². The number of aryl methyl sites for hydroxylation is 1. The van der Waals surface area contributed by atoms with Crippen molar-refractivity contribution in [2.75, 3.05) is 25.1 Å². The second kappa shape index (κ2) is 5.40. The molecule has 1 atom stereocenters. The van der Waals surface area contributed by atoms with E-state index < -0.39 is 0 Å². The maximum absolute atomic E-state index is 7.50. The molecule has 0 radical (unpaired) electrons. The molecule has 0 bridgehead atoms. The minimum atomic E-state index is 0.132. The Balaban J connectivity index is 2.18. The molecular weight excluding hydrogens is 226 g/mol. The molecule has 1 heterocycles. The number of hydrogen-bond donors (Lipinski definition) is 2. The molecule has 1 unspecified atom stereocenters. The molecule has 0 aromatic heterocycles. The minimum absolute atomic E-state index is 0.132. The number of nitrogens with zero attached hydrogens (tertiary/aromatic N) is 1. The molecule has 0 saturated carbocycles. The lowest BCUT2D eigenvalue weighted by Crippen LogP contribution is -2.39. The molecule has 1 aliphatic heterocycles. The third-order valence-electron chi connectivity index (χ3n) is 3.58. The lowest BCUT2D eigenvalue weighted by Gasteiger charge is -2.34. The van der Waals surface area contributed by atoms with Crippen molar-refractivity contribution in [3.8, 4) is 0 Å². The molecule has 1 aromatic rings. The van der Waals surface area contributed by atoms with Gasteiger partial charge < -0.3 is 15.4 Å². The first-order valence-electron chi connectivity index (χ1n) is 6.34. The average Bonchev–Trinajstić information content (AvgIpc) is 2.38. The summed E-state index contributed by atoms with van der Waals surface area (Å²) in [6.45, 7) is 4.01. The molecule has 4 heteroatoms. The number of nitrogen functional groups attached to an aromatic ring is 1. The topological polar surface area (TPSA) is 62.3 Å². The van der Waals surface area contributed by atoms with Gasteiger partial charge in [-0.25, -0.2) is 0 Å². The van der Waals surface area contributed by atoms with Gasteiger partial charge in [-0.2, -0.15) is 0 Å². The lowest BCUT2D eigenvalue weighted by molar-refractivity contribution is 0.0893. The van der Waals surface area contributed by atoms with E-state index in [4.69, 9.17) is 15.9 Å². The molecule has 3 N–H and O–H groups in total. The fraction of sp³-hybridized carbons (Fsp3) is 0.500. The Kier molecular flexibility index (Phi) is 3.87. The van der Waals surface area contributed by atoms with Crippen LogP contribution in [0, 0.1) is 12.3 Å². The van der Waals surface area contributed by atoms with E-state index in [0.717, 1.165) is 37.1 Å². The van der Waals surface area contributed by atoms with Gasteiger partial charge in [0.05, 0.1) is 6.10 Å². The van der Waals surface area contributed by atoms with Gasteiger partial charge in [0.1, 0.15) is 5.84 Å². The van der Waals surface area contributed by atoms with Gasteiger partial charge in [0, 0.05) is 31.5 Å². The molecule has 4 nitrogen and oxygen atoms in total. The van der Waals surface area contributed by atoms with Gasteiger partial charge in [-0.05, 0) is 43.5 Å². The zero-order chi connectivity index (χ0) is 13.1. The number of rotatable bonds is 3. The molecule has 1 fully saturated rings. The van der Waals surface area contributed by atoms with E-state index in [1.807, 2.05) is 19.1 Å². The summed E-state index contributed by atoms with van der Waals surface area (Å²) < 4.78 is 5.44. The summed E-state index contributed by atoms with van der Waals surface area (Å²) in [7, 11) is 1.78. The zero-order valence-corrected chi connectivity index (χ0v) is 11.1. The first kappa shape index (κ1) is 12.9. The monoisotopic (exact) mass is 247 g/mol. The number of ether oxygens (including phenoxy) is 1. The summed E-state index contributed by atoms with van der Waals surface area (Å²) in [6.07, 6.45) is 2.62. The van der Waals surface area contributed by atoms with Gasteiger partial charge in [-0.1, -0.05) is 0 Å². The van der Waals surface area contributed by atoms with E-state index >= 15 is 0 Å². The van der Waals surface area contributed by atoms with Crippen molar-refractivity contribution in [1.29, 1.82) is 5.41 Å². The predicted molar refractivity (Wildman–Crippen MR) is 74.4 cm³/mol. The molecule has 0 aliphatic carbocycles. The predicted octanol–water partition coefficient (Wildman–Crippen LogP) is 1.89. The van der Waals surface area contributed by atoms with E-state index in [1.165, 1.54) is 5.69 Å². The summed E-state index contributed by atoms with van der Waals surface area (Å²) in [6, 6.07) is 6.08. The fourth-order valence-electron chi connectivity index (χ4n) is 2.51. The second-order valence-corrected chi connectivity index (χ2v) is 4.86. The van der Waals surface area contributed by atoms with Crippen LogP contribution < -0.4 is 10.6 Å². The summed E-state index contributed by atoms with van der Waals surface area (Å²) >= 11 is 0. The van der Waals surface area contributed by atoms with Crippen LogP contribution in [0.3, 0.4) is 0 Å². The Hall–Kier alpha value is -1.55. The van der Waals surface area contributed by atoms with Gasteiger partial charge in [0.25, 0.3) is 0 Å². The van der Waals surface area contributed by atoms with Crippen molar-refractivity contribution in [1.82, 2.24) is 0 Å². The van der Waals surface area contributed by atoms with E-state index in [-0.39, 0.29) is 5.84 Å². The van der Waals surface area contributed by atoms with E-state index in [2.05, 4.69) is 11.0 Å². The molecule has 0 spiro atoms. The normalized spacial score (nSPS) is 19.9. The smallest absolute Gasteiger partial charge is 0.123 e. The van der Waals surface area contributed by atoms with Gasteiger partial charge in [0.15, 0.2) is 0 Å². The van der Waals surface area contributed by atoms with Gasteiger partial charge >= 0.3 is 0 Å². The highest BCUT2D eigenvalue weighted by atomic mass is 16.5. The molecule has 1 saturated heterocycles. The Morgan fingerprint density at radius 1 is 1.50 bits per heavy atom. The number of methoxy groups -OCH3 is 1. The van der Waals surface area contributed by atoms with Gasteiger partial charge in [0.2, 0.25) is 0 Å². The lowest BCUT2D eigenvalue weighted by atomic mass is 10.0. The molecule has 1 aliphatic rings. The van der Waals surface area contributed by atoms with Crippen LogP contribution in [-0.2, 0) is 4.74 Å². The third-order valence-corrected chi connectivity index (χ3v) is 3.58. The zero-order valence-electron chi connectivity index (χ0n) is 11.1. The molecule has 0 amide bonds. The van der Waals surface area contributed by atoms with Crippen LogP contribution in [0.15, 0.2) is 18.2 Å². The van der Waals surface area contributed by atoms with Crippen molar-refractivity contribution in [2.45, 2.75) is 25.9 Å². The summed E-state index contributed by atoms with van der Waals surface area (Å²) in [5.74, 6) is 0.132. The number of benzene rings is 1. The maximum Gasteiger partial charge on any atom is 0.123 e. The van der Waals surface area contributed by atoms with Crippen LogP contribution in [0.1, 0.15) is 24.0 Å². The van der Waals surface area contributed by atoms with Crippen LogP contribution in [0.4, 0.5) is 5.69 Å². The highest BCUT2D eigenvalue weighted by molar-refractivity contribution is 5.96. The fourth-order valence-corrected chi connectivity index (χ4v) is 2.51. The van der Waals surface area contributed by atoms with Crippen LogP contribution in [0.5, 0.6) is 0 Å². The minimum Gasteiger partial charge on any atom is -0.384 e. The van der Waals surface area contributed by atoms with Crippen LogP contribution >= 0.6 is 0 Å². The van der Waals surface area contributed by atoms with Crippen molar-refractivity contribution >= 4 is 11.5 Å². The number of anilines is 1. The first-order chi connectivity index (χ1) is 8.61. The van der Waals surface area contributed by atoms with Crippen molar-refractivity contribution in [3.63, 3.8) is 0 Å². The number of amidine groups is 1. The molecule has 98 valence electrons. The third kappa shape index (κ3) is 2.64. The Morgan fingerprint density at radius 3 is 2.89 bits per heavy atom. The van der Waals surface area contributed by atoms with Crippen LogP contribution in [0.2, 0.25) is 0 Å². The Morgan fingerprint density at radius 2 is 2.28 bits per heavy atom. The SMILES string of the molecule is COC1CCCN(c2ccc(C(=N)N)c(C)c2)C1. The average molecular weight is 247 g/mol. The van der Waals surface area contributed by atoms with Gasteiger partial charge in [-0.15, -0.1) is 0 Å². The number of piperidine rings is 1. The number of nitrogens with one attached hydrogen (secondary N) is 1. The van der Waals surface area contributed by atoms with Crippen LogP contribution in [0.25, 0.3) is 0 Å².